The highest BCUT2D eigenvalue weighted by atomic mass is 32.2. The number of ether oxygens (including phenoxy) is 1. The second-order valence-corrected chi connectivity index (χ2v) is 8.30. The van der Waals surface area contributed by atoms with E-state index in [4.69, 9.17) is 4.74 Å². The number of anilines is 1. The zero-order valence-corrected chi connectivity index (χ0v) is 17.0. The van der Waals surface area contributed by atoms with Crippen molar-refractivity contribution >= 4 is 27.5 Å². The van der Waals surface area contributed by atoms with Crippen molar-refractivity contribution < 1.29 is 27.1 Å². The van der Waals surface area contributed by atoms with Crippen LogP contribution < -0.4 is 9.46 Å². The summed E-state index contributed by atoms with van der Waals surface area (Å²) in [6, 6.07) is 12.5. The van der Waals surface area contributed by atoms with Crippen molar-refractivity contribution in [2.45, 2.75) is 11.4 Å². The quantitative estimate of drug-likeness (QED) is 0.590. The monoisotopic (exact) mass is 441 g/mol. The number of para-hydroxylation sites is 2. The van der Waals surface area contributed by atoms with E-state index in [0.717, 1.165) is 17.0 Å². The summed E-state index contributed by atoms with van der Waals surface area (Å²) >= 11 is 0. The van der Waals surface area contributed by atoms with Crippen LogP contribution >= 0.6 is 0 Å². The average Bonchev–Trinajstić information content (AvgIpc) is 3.00. The predicted octanol–water partition coefficient (Wildman–Crippen LogP) is 2.83. The summed E-state index contributed by atoms with van der Waals surface area (Å²) in [6.07, 6.45) is 1.39. The first-order chi connectivity index (χ1) is 14.8. The van der Waals surface area contributed by atoms with Crippen molar-refractivity contribution in [3.63, 3.8) is 0 Å². The molecule has 2 aromatic carbocycles. The summed E-state index contributed by atoms with van der Waals surface area (Å²) in [4.78, 5) is 29.6. The van der Waals surface area contributed by atoms with E-state index in [-0.39, 0.29) is 34.8 Å². The second-order valence-electron chi connectivity index (χ2n) is 6.65. The third-order valence-corrected chi connectivity index (χ3v) is 6.18. The summed E-state index contributed by atoms with van der Waals surface area (Å²) in [5.41, 5.74) is 0.348. The number of nitrogens with zero attached hydrogens (tertiary/aromatic N) is 2. The number of amides is 2. The molecule has 1 aromatic heterocycles. The summed E-state index contributed by atoms with van der Waals surface area (Å²) in [5, 5.41) is 0. The van der Waals surface area contributed by atoms with Gasteiger partial charge in [0.05, 0.1) is 29.8 Å². The molecule has 0 aliphatic carbocycles. The lowest BCUT2D eigenvalue weighted by Gasteiger charge is -2.18. The molecule has 0 saturated carbocycles. The van der Waals surface area contributed by atoms with Gasteiger partial charge in [0.15, 0.2) is 0 Å². The molecule has 0 unspecified atom stereocenters. The third kappa shape index (κ3) is 3.73. The number of hydrogen-bond donors (Lipinski definition) is 1. The van der Waals surface area contributed by atoms with E-state index >= 15 is 0 Å². The molecule has 3 aromatic rings. The Kier molecular flexibility index (Phi) is 5.15. The van der Waals surface area contributed by atoms with Gasteiger partial charge >= 0.3 is 0 Å². The molecule has 1 aliphatic rings. The largest absolute Gasteiger partial charge is 0.495 e. The molecule has 1 N–H and O–H groups in total. The number of sulfonamides is 1. The molecule has 158 valence electrons. The third-order valence-electron chi connectivity index (χ3n) is 4.73. The normalized spacial score (nSPS) is 13.3. The highest BCUT2D eigenvalue weighted by Gasteiger charge is 2.37. The van der Waals surface area contributed by atoms with Gasteiger partial charge in [-0.3, -0.25) is 24.2 Å². The Hall–Kier alpha value is -3.79. The van der Waals surface area contributed by atoms with E-state index in [1.165, 1.54) is 37.6 Å². The first-order valence-corrected chi connectivity index (χ1v) is 10.6. The number of nitrogens with one attached hydrogen (secondary N) is 1. The summed E-state index contributed by atoms with van der Waals surface area (Å²) < 4.78 is 47.6. The van der Waals surface area contributed by atoms with E-state index < -0.39 is 32.6 Å². The molecule has 0 radical (unpaired) electrons. The number of methoxy groups -OCH3 is 1. The zero-order valence-electron chi connectivity index (χ0n) is 16.2. The number of aromatic nitrogens is 1. The maximum Gasteiger partial charge on any atom is 0.280 e. The number of carbonyl (C=O) groups excluding carboxylic acids is 2. The van der Waals surface area contributed by atoms with Crippen LogP contribution in [0.3, 0.4) is 0 Å². The van der Waals surface area contributed by atoms with Gasteiger partial charge in [0, 0.05) is 6.20 Å². The van der Waals surface area contributed by atoms with E-state index in [1.807, 2.05) is 0 Å². The van der Waals surface area contributed by atoms with Crippen LogP contribution in [0, 0.1) is 5.82 Å². The molecule has 2 amide bonds. The van der Waals surface area contributed by atoms with Crippen LogP contribution in [0.2, 0.25) is 0 Å². The lowest BCUT2D eigenvalue weighted by atomic mass is 10.2. The van der Waals surface area contributed by atoms with Gasteiger partial charge in [-0.15, -0.1) is 0 Å². The molecular weight excluding hydrogens is 425 g/mol. The Bertz CT molecular complexity index is 1270. The number of halogens is 1. The fraction of sp³-hybridized carbons (Fsp3) is 0.0952. The number of fused-ring (bicyclic) bond motifs is 1. The summed E-state index contributed by atoms with van der Waals surface area (Å²) in [7, 11) is -2.89. The van der Waals surface area contributed by atoms with Gasteiger partial charge < -0.3 is 4.74 Å². The Morgan fingerprint density at radius 3 is 2.58 bits per heavy atom. The maximum atomic E-state index is 14.0. The number of benzene rings is 2. The summed E-state index contributed by atoms with van der Waals surface area (Å²) in [5.74, 6) is -1.76. The van der Waals surface area contributed by atoms with Crippen LogP contribution in [-0.4, -0.2) is 37.2 Å². The Morgan fingerprint density at radius 2 is 1.84 bits per heavy atom. The molecule has 10 heteroatoms. The topological polar surface area (TPSA) is 106 Å². The van der Waals surface area contributed by atoms with Gasteiger partial charge in [-0.1, -0.05) is 18.2 Å². The van der Waals surface area contributed by atoms with Crippen molar-refractivity contribution in [3.8, 4) is 5.75 Å². The number of rotatable bonds is 6. The molecule has 8 nitrogen and oxygen atoms in total. The number of pyridine rings is 1. The lowest BCUT2D eigenvalue weighted by molar-refractivity contribution is 0.0639. The molecule has 0 saturated heterocycles. The van der Waals surface area contributed by atoms with Gasteiger partial charge in [0.1, 0.15) is 17.3 Å². The van der Waals surface area contributed by atoms with Gasteiger partial charge in [-0.05, 0) is 42.0 Å². The van der Waals surface area contributed by atoms with Gasteiger partial charge in [-0.2, -0.15) is 0 Å². The van der Waals surface area contributed by atoms with Gasteiger partial charge in [-0.25, -0.2) is 12.8 Å². The first-order valence-electron chi connectivity index (χ1n) is 9.07. The number of hydrogen-bond acceptors (Lipinski definition) is 6. The van der Waals surface area contributed by atoms with Crippen LogP contribution in [0.4, 0.5) is 10.1 Å². The molecule has 0 fully saturated rings. The van der Waals surface area contributed by atoms with E-state index in [0.29, 0.717) is 0 Å². The SMILES string of the molecule is COc1ccccc1NS(=O)(=O)c1cc(F)ccc1CN1C(=O)c2cccnc2C1=O. The minimum absolute atomic E-state index is 0.00818. The minimum Gasteiger partial charge on any atom is -0.495 e. The second kappa shape index (κ2) is 7.80. The van der Waals surface area contributed by atoms with Gasteiger partial charge in [0.25, 0.3) is 21.8 Å². The van der Waals surface area contributed by atoms with Crippen LogP contribution in [-0.2, 0) is 16.6 Å². The van der Waals surface area contributed by atoms with Crippen molar-refractivity contribution in [2.75, 3.05) is 11.8 Å². The highest BCUT2D eigenvalue weighted by Crippen LogP contribution is 2.29. The van der Waals surface area contributed by atoms with Crippen molar-refractivity contribution in [1.82, 2.24) is 9.88 Å². The van der Waals surface area contributed by atoms with Crippen molar-refractivity contribution in [3.05, 3.63) is 83.4 Å². The minimum atomic E-state index is -4.28. The Morgan fingerprint density at radius 1 is 1.06 bits per heavy atom. The smallest absolute Gasteiger partial charge is 0.280 e. The van der Waals surface area contributed by atoms with Crippen molar-refractivity contribution in [1.29, 1.82) is 0 Å². The standard InChI is InChI=1S/C21H16FN3O5S/c1-30-17-7-3-2-6-16(17)24-31(28,29)18-11-14(22)9-8-13(18)12-25-20(26)15-5-4-10-23-19(15)21(25)27/h2-11,24H,12H2,1H3. The fourth-order valence-corrected chi connectivity index (χ4v) is 4.58. The Labute approximate surface area is 177 Å². The molecular formula is C21H16FN3O5S. The average molecular weight is 441 g/mol. The molecule has 0 spiro atoms. The van der Waals surface area contributed by atoms with Crippen LogP contribution in [0.15, 0.2) is 65.7 Å². The maximum absolute atomic E-state index is 14.0. The van der Waals surface area contributed by atoms with E-state index in [1.54, 1.807) is 18.2 Å². The molecule has 31 heavy (non-hydrogen) atoms. The fourth-order valence-electron chi connectivity index (χ4n) is 3.27. The van der Waals surface area contributed by atoms with Crippen LogP contribution in [0.1, 0.15) is 26.4 Å². The lowest BCUT2D eigenvalue weighted by Crippen LogP contribution is -2.30. The molecule has 0 bridgehead atoms. The number of imide groups is 1. The van der Waals surface area contributed by atoms with Crippen molar-refractivity contribution in [2.24, 2.45) is 0 Å². The summed E-state index contributed by atoms with van der Waals surface area (Å²) in [6.45, 7) is -0.365. The molecule has 2 heterocycles. The van der Waals surface area contributed by atoms with Crippen LogP contribution in [0.25, 0.3) is 0 Å². The Balaban J connectivity index is 1.70. The molecule has 4 rings (SSSR count). The van der Waals surface area contributed by atoms with E-state index in [9.17, 15) is 22.4 Å². The highest BCUT2D eigenvalue weighted by molar-refractivity contribution is 7.92. The zero-order chi connectivity index (χ0) is 22.2. The van der Waals surface area contributed by atoms with Gasteiger partial charge in [0.2, 0.25) is 0 Å². The van der Waals surface area contributed by atoms with Crippen LogP contribution in [0.5, 0.6) is 5.75 Å². The van der Waals surface area contributed by atoms with E-state index in [2.05, 4.69) is 9.71 Å². The molecule has 0 atom stereocenters. The number of carbonyl (C=O) groups is 2. The first kappa shape index (κ1) is 20.5. The molecule has 1 aliphatic heterocycles. The predicted molar refractivity (Wildman–Crippen MR) is 109 cm³/mol.